The van der Waals surface area contributed by atoms with E-state index in [0.717, 1.165) is 24.8 Å². The molecule has 0 radical (unpaired) electrons. The molecule has 3 nitrogen and oxygen atoms in total. The molecule has 1 rings (SSSR count). The Bertz CT molecular complexity index is 417. The Morgan fingerprint density at radius 3 is 2.60 bits per heavy atom. The number of nitrogens with one attached hydrogen (secondary N) is 1. The Hall–Kier alpha value is -1.61. The molecule has 2 N–H and O–H groups in total. The van der Waals surface area contributed by atoms with E-state index in [1.54, 1.807) is 6.08 Å². The topological polar surface area (TPSA) is 49.3 Å². The highest BCUT2D eigenvalue weighted by Gasteiger charge is 2.07. The first kappa shape index (κ1) is 16.4. The monoisotopic (exact) mass is 275 g/mol. The van der Waals surface area contributed by atoms with Crippen molar-refractivity contribution in [3.63, 3.8) is 0 Å². The molecule has 1 amide bonds. The van der Waals surface area contributed by atoms with Crippen LogP contribution in [-0.2, 0) is 4.79 Å². The smallest absolute Gasteiger partial charge is 0.244 e. The molecule has 1 aromatic rings. The summed E-state index contributed by atoms with van der Waals surface area (Å²) in [6.45, 7) is 4.96. The second-order valence-corrected chi connectivity index (χ2v) is 5.16. The van der Waals surface area contributed by atoms with Crippen molar-refractivity contribution in [2.75, 3.05) is 13.2 Å². The summed E-state index contributed by atoms with van der Waals surface area (Å²) in [7, 11) is 0. The molecule has 0 fully saturated rings. The van der Waals surface area contributed by atoms with Crippen molar-refractivity contribution in [2.24, 2.45) is 5.92 Å². The molecule has 110 valence electrons. The highest BCUT2D eigenvalue weighted by Crippen LogP contribution is 2.09. The molecule has 0 saturated carbocycles. The van der Waals surface area contributed by atoms with E-state index in [4.69, 9.17) is 5.11 Å². The van der Waals surface area contributed by atoms with Crippen molar-refractivity contribution in [1.82, 2.24) is 5.32 Å². The standard InChI is InChI=1S/C17H25NO2/c1-3-4-16(11-12-19)13-18-17(20)10-9-15-7-5-14(2)6-8-15/h5-10,16,19H,3-4,11-13H2,1-2H3,(H,18,20)/b10-9+. The van der Waals surface area contributed by atoms with E-state index in [1.165, 1.54) is 5.56 Å². The molecule has 0 heterocycles. The van der Waals surface area contributed by atoms with Gasteiger partial charge in [-0.25, -0.2) is 0 Å². The number of aliphatic hydroxyl groups is 1. The van der Waals surface area contributed by atoms with Gasteiger partial charge in [0.1, 0.15) is 0 Å². The van der Waals surface area contributed by atoms with E-state index >= 15 is 0 Å². The molecule has 0 aliphatic carbocycles. The van der Waals surface area contributed by atoms with E-state index in [0.29, 0.717) is 12.5 Å². The van der Waals surface area contributed by atoms with Gasteiger partial charge in [0, 0.05) is 19.2 Å². The van der Waals surface area contributed by atoms with E-state index in [9.17, 15) is 4.79 Å². The molecule has 0 aromatic heterocycles. The molecule has 1 unspecified atom stereocenters. The van der Waals surface area contributed by atoms with E-state index in [1.807, 2.05) is 37.3 Å². The van der Waals surface area contributed by atoms with Gasteiger partial charge in [-0.1, -0.05) is 43.2 Å². The van der Waals surface area contributed by atoms with Crippen LogP contribution in [0.1, 0.15) is 37.3 Å². The normalized spacial score (nSPS) is 12.6. The van der Waals surface area contributed by atoms with Gasteiger partial charge in [0.05, 0.1) is 0 Å². The lowest BCUT2D eigenvalue weighted by Crippen LogP contribution is -2.28. The fraction of sp³-hybridized carbons (Fsp3) is 0.471. The Morgan fingerprint density at radius 2 is 2.00 bits per heavy atom. The Morgan fingerprint density at radius 1 is 1.30 bits per heavy atom. The highest BCUT2D eigenvalue weighted by atomic mass is 16.3. The highest BCUT2D eigenvalue weighted by molar-refractivity contribution is 5.91. The van der Waals surface area contributed by atoms with Crippen molar-refractivity contribution in [3.8, 4) is 0 Å². The molecule has 0 spiro atoms. The van der Waals surface area contributed by atoms with Crippen molar-refractivity contribution in [2.45, 2.75) is 33.1 Å². The van der Waals surface area contributed by atoms with Gasteiger partial charge in [0.2, 0.25) is 5.91 Å². The maximum Gasteiger partial charge on any atom is 0.244 e. The summed E-state index contributed by atoms with van der Waals surface area (Å²) < 4.78 is 0. The first-order chi connectivity index (χ1) is 9.65. The van der Waals surface area contributed by atoms with Crippen LogP contribution in [0.4, 0.5) is 0 Å². The molecule has 0 aliphatic heterocycles. The number of hydrogen-bond acceptors (Lipinski definition) is 2. The Kier molecular flexibility index (Phi) is 7.66. The average Bonchev–Trinajstić information content (AvgIpc) is 2.44. The van der Waals surface area contributed by atoms with Gasteiger partial charge >= 0.3 is 0 Å². The number of benzene rings is 1. The maximum atomic E-state index is 11.7. The predicted octanol–water partition coefficient (Wildman–Crippen LogP) is 2.92. The number of rotatable bonds is 8. The van der Waals surface area contributed by atoms with Crippen LogP contribution in [0.25, 0.3) is 6.08 Å². The second kappa shape index (κ2) is 9.32. The van der Waals surface area contributed by atoms with Crippen LogP contribution < -0.4 is 5.32 Å². The summed E-state index contributed by atoms with van der Waals surface area (Å²) in [5, 5.41) is 11.9. The summed E-state index contributed by atoms with van der Waals surface area (Å²) in [6.07, 6.45) is 6.22. The summed E-state index contributed by atoms with van der Waals surface area (Å²) in [6, 6.07) is 8.03. The lowest BCUT2D eigenvalue weighted by Gasteiger charge is -2.14. The largest absolute Gasteiger partial charge is 0.396 e. The summed E-state index contributed by atoms with van der Waals surface area (Å²) >= 11 is 0. The fourth-order valence-corrected chi connectivity index (χ4v) is 2.09. The molecule has 1 atom stereocenters. The molecular weight excluding hydrogens is 250 g/mol. The minimum atomic E-state index is -0.0791. The van der Waals surface area contributed by atoms with Gasteiger partial charge in [-0.3, -0.25) is 4.79 Å². The number of aryl methyl sites for hydroxylation is 1. The third-order valence-corrected chi connectivity index (χ3v) is 3.30. The lowest BCUT2D eigenvalue weighted by atomic mass is 10.0. The number of aliphatic hydroxyl groups excluding tert-OH is 1. The molecule has 0 aliphatic rings. The Labute approximate surface area is 121 Å². The minimum absolute atomic E-state index is 0.0791. The third kappa shape index (κ3) is 6.53. The number of carbonyl (C=O) groups excluding carboxylic acids is 1. The minimum Gasteiger partial charge on any atom is -0.396 e. The van der Waals surface area contributed by atoms with Crippen molar-refractivity contribution >= 4 is 12.0 Å². The van der Waals surface area contributed by atoms with Crippen LogP contribution in [0.2, 0.25) is 0 Å². The van der Waals surface area contributed by atoms with Crippen molar-refractivity contribution < 1.29 is 9.90 Å². The molecule has 1 aromatic carbocycles. The fourth-order valence-electron chi connectivity index (χ4n) is 2.09. The number of hydrogen-bond donors (Lipinski definition) is 2. The van der Waals surface area contributed by atoms with Gasteiger partial charge in [-0.05, 0) is 37.3 Å². The zero-order chi connectivity index (χ0) is 14.8. The molecule has 3 heteroatoms. The van der Waals surface area contributed by atoms with Gasteiger partial charge in [0.25, 0.3) is 0 Å². The quantitative estimate of drug-likeness (QED) is 0.717. The van der Waals surface area contributed by atoms with Gasteiger partial charge in [-0.2, -0.15) is 0 Å². The zero-order valence-corrected chi connectivity index (χ0v) is 12.4. The first-order valence-electron chi connectivity index (χ1n) is 7.29. The van der Waals surface area contributed by atoms with Crippen molar-refractivity contribution in [3.05, 3.63) is 41.5 Å². The SMILES string of the molecule is CCCC(CCO)CNC(=O)/C=C/c1ccc(C)cc1. The van der Waals surface area contributed by atoms with Crippen LogP contribution in [-0.4, -0.2) is 24.2 Å². The summed E-state index contributed by atoms with van der Waals surface area (Å²) in [4.78, 5) is 11.7. The van der Waals surface area contributed by atoms with Crippen molar-refractivity contribution in [1.29, 1.82) is 0 Å². The summed E-state index contributed by atoms with van der Waals surface area (Å²) in [5.74, 6) is 0.284. The van der Waals surface area contributed by atoms with Gasteiger partial charge in [-0.15, -0.1) is 0 Å². The van der Waals surface area contributed by atoms with Crippen LogP contribution in [0, 0.1) is 12.8 Å². The number of carbonyl (C=O) groups is 1. The van der Waals surface area contributed by atoms with Gasteiger partial charge < -0.3 is 10.4 Å². The molecular formula is C17H25NO2. The zero-order valence-electron chi connectivity index (χ0n) is 12.4. The molecule has 0 bridgehead atoms. The lowest BCUT2D eigenvalue weighted by molar-refractivity contribution is -0.116. The number of amides is 1. The van der Waals surface area contributed by atoms with Crippen LogP contribution >= 0.6 is 0 Å². The second-order valence-electron chi connectivity index (χ2n) is 5.16. The molecule has 20 heavy (non-hydrogen) atoms. The van der Waals surface area contributed by atoms with Gasteiger partial charge in [0.15, 0.2) is 0 Å². The van der Waals surface area contributed by atoms with E-state index in [2.05, 4.69) is 12.2 Å². The van der Waals surface area contributed by atoms with E-state index in [-0.39, 0.29) is 12.5 Å². The summed E-state index contributed by atoms with van der Waals surface area (Å²) in [5.41, 5.74) is 2.23. The first-order valence-corrected chi connectivity index (χ1v) is 7.29. The molecule has 0 saturated heterocycles. The van der Waals surface area contributed by atoms with Crippen LogP contribution in [0.15, 0.2) is 30.3 Å². The Balaban J connectivity index is 2.40. The predicted molar refractivity (Wildman–Crippen MR) is 83.3 cm³/mol. The van der Waals surface area contributed by atoms with Crippen LogP contribution in [0.5, 0.6) is 0 Å². The van der Waals surface area contributed by atoms with Crippen LogP contribution in [0.3, 0.4) is 0 Å². The third-order valence-electron chi connectivity index (χ3n) is 3.30. The average molecular weight is 275 g/mol. The maximum absolute atomic E-state index is 11.7. The van der Waals surface area contributed by atoms with E-state index < -0.39 is 0 Å².